The predicted octanol–water partition coefficient (Wildman–Crippen LogP) is 2.03. The monoisotopic (exact) mass is 287 g/mol. The summed E-state index contributed by atoms with van der Waals surface area (Å²) in [5.41, 5.74) is 0.892. The van der Waals surface area contributed by atoms with Gasteiger partial charge in [0.05, 0.1) is 6.04 Å². The molecule has 112 valence electrons. The lowest BCUT2D eigenvalue weighted by molar-refractivity contribution is -0.117. The zero-order chi connectivity index (χ0) is 14.7. The van der Waals surface area contributed by atoms with E-state index < -0.39 is 0 Å². The highest BCUT2D eigenvalue weighted by molar-refractivity contribution is 5.96. The number of nitrogens with one attached hydrogen (secondary N) is 2. The molecule has 5 heteroatoms. The van der Waals surface area contributed by atoms with Crippen molar-refractivity contribution >= 4 is 17.6 Å². The molecule has 5 nitrogen and oxygen atoms in total. The summed E-state index contributed by atoms with van der Waals surface area (Å²) in [6.45, 7) is 0.543. The van der Waals surface area contributed by atoms with Crippen molar-refractivity contribution in [1.29, 1.82) is 0 Å². The van der Waals surface area contributed by atoms with Crippen LogP contribution in [0.2, 0.25) is 0 Å². The highest BCUT2D eigenvalue weighted by Gasteiger charge is 2.31. The van der Waals surface area contributed by atoms with Gasteiger partial charge >= 0.3 is 6.03 Å². The fourth-order valence-corrected chi connectivity index (χ4v) is 3.14. The van der Waals surface area contributed by atoms with Gasteiger partial charge in [-0.3, -0.25) is 4.79 Å². The number of para-hydroxylation sites is 1. The molecule has 3 amide bonds. The van der Waals surface area contributed by atoms with E-state index in [0.717, 1.165) is 18.5 Å². The van der Waals surface area contributed by atoms with Crippen LogP contribution in [0.3, 0.4) is 0 Å². The number of hydrogen-bond donors (Lipinski definition) is 2. The number of carbonyl (C=O) groups excluding carboxylic acids is 2. The normalized spacial score (nSPS) is 22.6. The molecule has 1 saturated heterocycles. The summed E-state index contributed by atoms with van der Waals surface area (Å²) in [4.78, 5) is 25.8. The minimum absolute atomic E-state index is 0.0624. The summed E-state index contributed by atoms with van der Waals surface area (Å²) in [7, 11) is 0. The maximum atomic E-state index is 12.1. The van der Waals surface area contributed by atoms with Crippen molar-refractivity contribution in [1.82, 2.24) is 10.6 Å². The van der Waals surface area contributed by atoms with Gasteiger partial charge in [-0.25, -0.2) is 4.79 Å². The molecule has 0 unspecified atom stereocenters. The standard InChI is InChI=1S/C16H21N3O2/c20-15-10-13(11-19(15)14-8-2-1-3-9-14)18-16(21)17-12-6-4-5-7-12/h1-3,8-9,12-13H,4-7,10-11H2,(H2,17,18,21)/t13-/m1/s1. The maximum absolute atomic E-state index is 12.1. The first-order valence-electron chi connectivity index (χ1n) is 7.65. The molecule has 1 aliphatic heterocycles. The lowest BCUT2D eigenvalue weighted by Crippen LogP contribution is -2.46. The Bertz CT molecular complexity index is 512. The highest BCUT2D eigenvalue weighted by atomic mass is 16.2. The Morgan fingerprint density at radius 2 is 1.71 bits per heavy atom. The van der Waals surface area contributed by atoms with Crippen LogP contribution in [0.1, 0.15) is 32.1 Å². The first-order valence-corrected chi connectivity index (χ1v) is 7.65. The Kier molecular flexibility index (Phi) is 4.08. The summed E-state index contributed by atoms with van der Waals surface area (Å²) >= 11 is 0. The van der Waals surface area contributed by atoms with E-state index in [1.807, 2.05) is 30.3 Å². The second-order valence-corrected chi connectivity index (χ2v) is 5.84. The number of rotatable bonds is 3. The number of anilines is 1. The van der Waals surface area contributed by atoms with Crippen LogP contribution in [0.5, 0.6) is 0 Å². The fraction of sp³-hybridized carbons (Fsp3) is 0.500. The van der Waals surface area contributed by atoms with E-state index >= 15 is 0 Å². The van der Waals surface area contributed by atoms with Gasteiger partial charge in [0.25, 0.3) is 0 Å². The molecule has 0 bridgehead atoms. The van der Waals surface area contributed by atoms with Crippen LogP contribution in [0.15, 0.2) is 30.3 Å². The van der Waals surface area contributed by atoms with Crippen LogP contribution in [0.4, 0.5) is 10.5 Å². The molecule has 1 aliphatic carbocycles. The number of nitrogens with zero attached hydrogens (tertiary/aromatic N) is 1. The van der Waals surface area contributed by atoms with Crippen molar-refractivity contribution in [3.05, 3.63) is 30.3 Å². The summed E-state index contributed by atoms with van der Waals surface area (Å²) in [6.07, 6.45) is 4.87. The fourth-order valence-electron chi connectivity index (χ4n) is 3.14. The lowest BCUT2D eigenvalue weighted by Gasteiger charge is -2.18. The number of hydrogen-bond acceptors (Lipinski definition) is 2. The third-order valence-electron chi connectivity index (χ3n) is 4.22. The minimum atomic E-state index is -0.144. The zero-order valence-electron chi connectivity index (χ0n) is 12.0. The van der Waals surface area contributed by atoms with Gasteiger partial charge in [0.1, 0.15) is 0 Å². The molecule has 21 heavy (non-hydrogen) atoms. The van der Waals surface area contributed by atoms with E-state index in [1.54, 1.807) is 4.90 Å². The van der Waals surface area contributed by atoms with Crippen LogP contribution in [0, 0.1) is 0 Å². The van der Waals surface area contributed by atoms with Gasteiger partial charge in [-0.2, -0.15) is 0 Å². The Balaban J connectivity index is 1.53. The molecular formula is C16H21N3O2. The molecule has 1 aromatic carbocycles. The summed E-state index contributed by atoms with van der Waals surface area (Å²) < 4.78 is 0. The molecule has 2 N–H and O–H groups in total. The lowest BCUT2D eigenvalue weighted by atomic mass is 10.2. The van der Waals surface area contributed by atoms with E-state index in [0.29, 0.717) is 19.0 Å². The average Bonchev–Trinajstić information content (AvgIpc) is 3.09. The molecule has 3 rings (SSSR count). The SMILES string of the molecule is O=C(NC1CCCC1)N[C@@H]1CC(=O)N(c2ccccc2)C1. The molecule has 2 aliphatic rings. The van der Waals surface area contributed by atoms with E-state index in [4.69, 9.17) is 0 Å². The Morgan fingerprint density at radius 1 is 1.05 bits per heavy atom. The summed E-state index contributed by atoms with van der Waals surface area (Å²) in [5, 5.41) is 5.92. The third-order valence-corrected chi connectivity index (χ3v) is 4.22. The smallest absolute Gasteiger partial charge is 0.315 e. The van der Waals surface area contributed by atoms with Gasteiger partial charge in [0, 0.05) is 24.7 Å². The summed E-state index contributed by atoms with van der Waals surface area (Å²) in [6, 6.07) is 9.62. The largest absolute Gasteiger partial charge is 0.335 e. The molecule has 1 atom stereocenters. The van der Waals surface area contributed by atoms with Gasteiger partial charge in [0.15, 0.2) is 0 Å². The topological polar surface area (TPSA) is 61.4 Å². The molecular weight excluding hydrogens is 266 g/mol. The Morgan fingerprint density at radius 3 is 2.43 bits per heavy atom. The van der Waals surface area contributed by atoms with Crippen LogP contribution in [-0.4, -0.2) is 30.6 Å². The zero-order valence-corrected chi connectivity index (χ0v) is 12.0. The molecule has 0 spiro atoms. The number of urea groups is 1. The Hall–Kier alpha value is -2.04. The van der Waals surface area contributed by atoms with Gasteiger partial charge in [-0.15, -0.1) is 0 Å². The van der Waals surface area contributed by atoms with Crippen LogP contribution in [-0.2, 0) is 4.79 Å². The van der Waals surface area contributed by atoms with Crippen molar-refractivity contribution < 1.29 is 9.59 Å². The predicted molar refractivity (Wildman–Crippen MR) is 81.1 cm³/mol. The van der Waals surface area contributed by atoms with Crippen molar-refractivity contribution in [2.75, 3.05) is 11.4 Å². The van der Waals surface area contributed by atoms with Crippen molar-refractivity contribution in [2.24, 2.45) is 0 Å². The van der Waals surface area contributed by atoms with Crippen LogP contribution in [0.25, 0.3) is 0 Å². The van der Waals surface area contributed by atoms with Crippen LogP contribution < -0.4 is 15.5 Å². The molecule has 1 aromatic rings. The summed E-state index contributed by atoms with van der Waals surface area (Å²) in [5.74, 6) is 0.0624. The highest BCUT2D eigenvalue weighted by Crippen LogP contribution is 2.21. The second kappa shape index (κ2) is 6.16. The van der Waals surface area contributed by atoms with Gasteiger partial charge < -0.3 is 15.5 Å². The average molecular weight is 287 g/mol. The first kappa shape index (κ1) is 13.9. The molecule has 2 fully saturated rings. The maximum Gasteiger partial charge on any atom is 0.315 e. The molecule has 0 aromatic heterocycles. The molecule has 1 saturated carbocycles. The van der Waals surface area contributed by atoms with Gasteiger partial charge in [-0.05, 0) is 25.0 Å². The quantitative estimate of drug-likeness (QED) is 0.893. The third kappa shape index (κ3) is 3.35. The number of benzene rings is 1. The Labute approximate surface area is 124 Å². The molecule has 1 heterocycles. The van der Waals surface area contributed by atoms with E-state index in [2.05, 4.69) is 10.6 Å². The molecule has 0 radical (unpaired) electrons. The number of amides is 3. The van der Waals surface area contributed by atoms with Crippen LogP contribution >= 0.6 is 0 Å². The van der Waals surface area contributed by atoms with Crippen molar-refractivity contribution in [3.63, 3.8) is 0 Å². The minimum Gasteiger partial charge on any atom is -0.335 e. The van der Waals surface area contributed by atoms with Gasteiger partial charge in [0.2, 0.25) is 5.91 Å². The number of carbonyl (C=O) groups is 2. The van der Waals surface area contributed by atoms with E-state index in [-0.39, 0.29) is 18.0 Å². The first-order chi connectivity index (χ1) is 10.2. The second-order valence-electron chi connectivity index (χ2n) is 5.84. The van der Waals surface area contributed by atoms with Gasteiger partial charge in [-0.1, -0.05) is 31.0 Å². The van der Waals surface area contributed by atoms with E-state index in [9.17, 15) is 9.59 Å². The van der Waals surface area contributed by atoms with Crippen molar-refractivity contribution in [3.8, 4) is 0 Å². The van der Waals surface area contributed by atoms with E-state index in [1.165, 1.54) is 12.8 Å². The van der Waals surface area contributed by atoms with Crippen molar-refractivity contribution in [2.45, 2.75) is 44.2 Å².